The Morgan fingerprint density at radius 2 is 1.58 bits per heavy atom. The highest BCUT2D eigenvalue weighted by atomic mass is 35.6. The molecule has 0 aliphatic rings. The molecule has 0 saturated heterocycles. The Hall–Kier alpha value is -0.870. The van der Waals surface area contributed by atoms with Crippen LogP contribution in [0.4, 0.5) is 0 Å². The van der Waals surface area contributed by atoms with E-state index in [1.54, 1.807) is 12.1 Å². The van der Waals surface area contributed by atoms with Gasteiger partial charge >= 0.3 is 0 Å². The summed E-state index contributed by atoms with van der Waals surface area (Å²) in [5, 5.41) is 2.17. The summed E-state index contributed by atoms with van der Waals surface area (Å²) in [5.41, 5.74) is 2.82. The highest BCUT2D eigenvalue weighted by molar-refractivity contribution is 7.99. The zero-order valence-electron chi connectivity index (χ0n) is 14.9. The number of nitrogens with one attached hydrogen (secondary N) is 1. The van der Waals surface area contributed by atoms with Gasteiger partial charge < -0.3 is 5.32 Å². The van der Waals surface area contributed by atoms with Crippen molar-refractivity contribution in [1.82, 2.24) is 5.32 Å². The lowest BCUT2D eigenvalue weighted by Gasteiger charge is -2.25. The van der Waals surface area contributed by atoms with E-state index in [0.29, 0.717) is 11.3 Å². The first-order chi connectivity index (χ1) is 12.1. The van der Waals surface area contributed by atoms with Gasteiger partial charge in [-0.1, -0.05) is 98.0 Å². The zero-order chi connectivity index (χ0) is 19.4. The maximum Gasteiger partial charge on any atom is 0.252 e. The molecule has 2 nitrogen and oxygen atoms in total. The third-order valence-corrected chi connectivity index (χ3v) is 6.18. The molecule has 0 aliphatic heterocycles. The Bertz CT molecular complexity index is 721. The number of rotatable bonds is 5. The lowest BCUT2D eigenvalue weighted by molar-refractivity contribution is 0.0950. The Balaban J connectivity index is 2.06. The van der Waals surface area contributed by atoms with E-state index in [-0.39, 0.29) is 11.3 Å². The number of hydrogen-bond donors (Lipinski definition) is 1. The Kier molecular flexibility index (Phi) is 7.32. The highest BCUT2D eigenvalue weighted by Gasteiger charge is 2.34. The molecule has 6 heteroatoms. The van der Waals surface area contributed by atoms with Crippen molar-refractivity contribution < 1.29 is 4.79 Å². The van der Waals surface area contributed by atoms with Gasteiger partial charge in [-0.25, -0.2) is 0 Å². The van der Waals surface area contributed by atoms with Crippen LogP contribution in [0.5, 0.6) is 0 Å². The highest BCUT2D eigenvalue weighted by Crippen LogP contribution is 2.37. The van der Waals surface area contributed by atoms with Crippen LogP contribution < -0.4 is 5.32 Å². The molecule has 0 radical (unpaired) electrons. The molecule has 0 bridgehead atoms. The average Bonchev–Trinajstić information content (AvgIpc) is 2.57. The average molecular weight is 431 g/mol. The van der Waals surface area contributed by atoms with Crippen molar-refractivity contribution in [2.75, 3.05) is 0 Å². The molecule has 0 aromatic heterocycles. The number of amides is 1. The lowest BCUT2D eigenvalue weighted by Crippen LogP contribution is -2.41. The second-order valence-electron chi connectivity index (χ2n) is 7.02. The van der Waals surface area contributed by atoms with Crippen molar-refractivity contribution in [3.63, 3.8) is 0 Å². The van der Waals surface area contributed by atoms with Crippen LogP contribution in [0.1, 0.15) is 42.3 Å². The molecule has 140 valence electrons. The number of hydrogen-bond acceptors (Lipinski definition) is 2. The van der Waals surface area contributed by atoms with Crippen LogP contribution in [0.15, 0.2) is 54.6 Å². The molecular formula is C20H22Cl3NOS. The van der Waals surface area contributed by atoms with E-state index in [4.69, 9.17) is 34.8 Å². The largest absolute Gasteiger partial charge is 0.336 e. The van der Waals surface area contributed by atoms with Crippen molar-refractivity contribution in [2.24, 2.45) is 0 Å². The van der Waals surface area contributed by atoms with Crippen LogP contribution in [-0.4, -0.2) is 15.1 Å². The normalized spacial score (nSPS) is 13.3. The number of halogens is 3. The van der Waals surface area contributed by atoms with Gasteiger partial charge in [-0.3, -0.25) is 4.79 Å². The lowest BCUT2D eigenvalue weighted by atomic mass is 9.87. The second kappa shape index (κ2) is 8.88. The molecule has 0 saturated carbocycles. The molecule has 2 aromatic carbocycles. The molecule has 2 aromatic rings. The van der Waals surface area contributed by atoms with Gasteiger partial charge in [-0.2, -0.15) is 0 Å². The van der Waals surface area contributed by atoms with E-state index in [2.05, 4.69) is 26.1 Å². The maximum absolute atomic E-state index is 12.6. The van der Waals surface area contributed by atoms with Gasteiger partial charge in [0.25, 0.3) is 5.91 Å². The van der Waals surface area contributed by atoms with Gasteiger partial charge in [0.1, 0.15) is 5.37 Å². The Labute approximate surface area is 174 Å². The molecule has 26 heavy (non-hydrogen) atoms. The van der Waals surface area contributed by atoms with Crippen molar-refractivity contribution in [1.29, 1.82) is 0 Å². The zero-order valence-corrected chi connectivity index (χ0v) is 18.0. The quantitative estimate of drug-likeness (QED) is 0.442. The summed E-state index contributed by atoms with van der Waals surface area (Å²) in [7, 11) is 0. The van der Waals surface area contributed by atoms with Crippen LogP contribution in [0.25, 0.3) is 0 Å². The molecule has 1 atom stereocenters. The summed E-state index contributed by atoms with van der Waals surface area (Å²) in [6.07, 6.45) is 0. The molecule has 0 heterocycles. The third-order valence-electron chi connectivity index (χ3n) is 3.83. The maximum atomic E-state index is 12.6. The third kappa shape index (κ3) is 6.38. The summed E-state index contributed by atoms with van der Waals surface area (Å²) in [6.45, 7) is 6.38. The summed E-state index contributed by atoms with van der Waals surface area (Å²) >= 11 is 19.6. The van der Waals surface area contributed by atoms with Gasteiger partial charge in [0.2, 0.25) is 3.79 Å². The van der Waals surface area contributed by atoms with E-state index in [9.17, 15) is 4.79 Å². The molecule has 0 aliphatic carbocycles. The van der Waals surface area contributed by atoms with Crippen molar-refractivity contribution >= 4 is 52.5 Å². The number of alkyl halides is 3. The van der Waals surface area contributed by atoms with E-state index in [1.165, 1.54) is 11.8 Å². The Morgan fingerprint density at radius 1 is 1.00 bits per heavy atom. The minimum absolute atomic E-state index is 0.0284. The second-order valence-corrected chi connectivity index (χ2v) is 10.5. The molecule has 2 rings (SSSR count). The number of carbonyl (C=O) groups excluding carboxylic acids is 1. The first-order valence-electron chi connectivity index (χ1n) is 8.21. The molecular weight excluding hydrogens is 409 g/mol. The predicted molar refractivity (Wildman–Crippen MR) is 114 cm³/mol. The smallest absolute Gasteiger partial charge is 0.252 e. The summed E-state index contributed by atoms with van der Waals surface area (Å²) in [6, 6.07) is 17.4. The number of benzene rings is 2. The first-order valence-corrected chi connectivity index (χ1v) is 10.4. The van der Waals surface area contributed by atoms with Crippen molar-refractivity contribution in [3.8, 4) is 0 Å². The van der Waals surface area contributed by atoms with Gasteiger partial charge in [0.15, 0.2) is 0 Å². The fraction of sp³-hybridized carbons (Fsp3) is 0.350. The monoisotopic (exact) mass is 429 g/mol. The summed E-state index contributed by atoms with van der Waals surface area (Å²) < 4.78 is -1.61. The standard InChI is InChI=1S/C20H22Cl3NOS/c1-19(2,3)16-11-9-15(10-12-16)17(25)24-18(20(21,22)23)26-13-14-7-5-4-6-8-14/h4-12,18H,13H2,1-3H3,(H,24,25)/t18-/m0/s1. The van der Waals surface area contributed by atoms with Crippen LogP contribution in [0.2, 0.25) is 0 Å². The molecule has 0 fully saturated rings. The fourth-order valence-electron chi connectivity index (χ4n) is 2.30. The molecule has 0 spiro atoms. The van der Waals surface area contributed by atoms with Crippen LogP contribution >= 0.6 is 46.6 Å². The van der Waals surface area contributed by atoms with Gasteiger partial charge in [0.05, 0.1) is 0 Å². The van der Waals surface area contributed by atoms with Crippen LogP contribution in [0, 0.1) is 0 Å². The minimum atomic E-state index is -1.61. The van der Waals surface area contributed by atoms with Crippen molar-refractivity contribution in [3.05, 3.63) is 71.3 Å². The minimum Gasteiger partial charge on any atom is -0.336 e. The van der Waals surface area contributed by atoms with Crippen LogP contribution in [-0.2, 0) is 11.2 Å². The van der Waals surface area contributed by atoms with Gasteiger partial charge in [-0.05, 0) is 28.7 Å². The number of carbonyl (C=O) groups is 1. The van der Waals surface area contributed by atoms with Gasteiger partial charge in [-0.15, -0.1) is 11.8 Å². The van der Waals surface area contributed by atoms with E-state index >= 15 is 0 Å². The summed E-state index contributed by atoms with van der Waals surface area (Å²) in [5.74, 6) is 0.366. The van der Waals surface area contributed by atoms with E-state index < -0.39 is 9.17 Å². The predicted octanol–water partition coefficient (Wildman–Crippen LogP) is 6.34. The first kappa shape index (κ1) is 21.4. The van der Waals surface area contributed by atoms with Gasteiger partial charge in [0, 0.05) is 11.3 Å². The SMILES string of the molecule is CC(C)(C)c1ccc(C(=O)N[C@@H](SCc2ccccc2)C(Cl)(Cl)Cl)cc1. The molecule has 1 N–H and O–H groups in total. The molecule has 1 amide bonds. The number of thioether (sulfide) groups is 1. The van der Waals surface area contributed by atoms with Crippen LogP contribution in [0.3, 0.4) is 0 Å². The Morgan fingerprint density at radius 3 is 2.08 bits per heavy atom. The topological polar surface area (TPSA) is 29.1 Å². The van der Waals surface area contributed by atoms with E-state index in [0.717, 1.165) is 11.1 Å². The van der Waals surface area contributed by atoms with E-state index in [1.807, 2.05) is 42.5 Å². The molecule has 0 unspecified atom stereocenters. The van der Waals surface area contributed by atoms with Crippen molar-refractivity contribution in [2.45, 2.75) is 41.1 Å². The summed E-state index contributed by atoms with van der Waals surface area (Å²) in [4.78, 5) is 12.6. The fourth-order valence-corrected chi connectivity index (χ4v) is 3.96.